The van der Waals surface area contributed by atoms with E-state index in [9.17, 15) is 4.79 Å². The number of nitrogens with zero attached hydrogens (tertiary/aromatic N) is 3. The van der Waals surface area contributed by atoms with Crippen molar-refractivity contribution in [1.29, 1.82) is 0 Å². The Labute approximate surface area is 163 Å². The zero-order chi connectivity index (χ0) is 18.6. The first-order valence-corrected chi connectivity index (χ1v) is 9.63. The number of amides is 1. The zero-order valence-electron chi connectivity index (χ0n) is 15.0. The summed E-state index contributed by atoms with van der Waals surface area (Å²) in [6.45, 7) is 1.18. The molecule has 1 amide bonds. The number of fused-ring (bicyclic) bond motifs is 1. The highest BCUT2D eigenvalue weighted by Gasteiger charge is 2.21. The number of halogens is 1. The quantitative estimate of drug-likeness (QED) is 0.730. The number of hydrogen-bond acceptors (Lipinski definition) is 3. The van der Waals surface area contributed by atoms with Crippen LogP contribution < -0.4 is 5.32 Å². The van der Waals surface area contributed by atoms with E-state index in [0.29, 0.717) is 23.7 Å². The fraction of sp³-hybridized carbons (Fsp3) is 0.286. The Morgan fingerprint density at radius 1 is 1.15 bits per heavy atom. The van der Waals surface area contributed by atoms with Gasteiger partial charge in [-0.2, -0.15) is 5.10 Å². The third-order valence-electron chi connectivity index (χ3n) is 4.91. The average molecular weight is 381 g/mol. The van der Waals surface area contributed by atoms with Crippen LogP contribution in [0.1, 0.15) is 34.5 Å². The minimum absolute atomic E-state index is 0.118. The predicted molar refractivity (Wildman–Crippen MR) is 106 cm³/mol. The number of aromatic nitrogens is 3. The first kappa shape index (κ1) is 17.7. The summed E-state index contributed by atoms with van der Waals surface area (Å²) >= 11 is 5.96. The summed E-state index contributed by atoms with van der Waals surface area (Å²) < 4.78 is 2.06. The molecule has 0 spiro atoms. The van der Waals surface area contributed by atoms with Gasteiger partial charge in [-0.25, -0.2) is 0 Å². The molecule has 0 unspecified atom stereocenters. The Kier molecular flexibility index (Phi) is 5.21. The molecule has 3 aromatic rings. The number of pyridine rings is 1. The number of carbonyl (C=O) groups is 1. The number of hydrogen-bond donors (Lipinski definition) is 1. The topological polar surface area (TPSA) is 59.8 Å². The summed E-state index contributed by atoms with van der Waals surface area (Å²) in [7, 11) is 0. The van der Waals surface area contributed by atoms with Crippen LogP contribution in [0, 0.1) is 0 Å². The van der Waals surface area contributed by atoms with Gasteiger partial charge in [-0.3, -0.25) is 14.5 Å². The number of carbonyl (C=O) groups excluding carboxylic acids is 1. The van der Waals surface area contributed by atoms with Crippen molar-refractivity contribution in [3.8, 4) is 11.3 Å². The summed E-state index contributed by atoms with van der Waals surface area (Å²) in [5.41, 5.74) is 5.36. The van der Waals surface area contributed by atoms with E-state index in [1.54, 1.807) is 36.7 Å². The van der Waals surface area contributed by atoms with Crippen LogP contribution in [0.4, 0.5) is 0 Å². The molecule has 0 bridgehead atoms. The maximum absolute atomic E-state index is 12.3. The van der Waals surface area contributed by atoms with Crippen molar-refractivity contribution in [2.24, 2.45) is 0 Å². The summed E-state index contributed by atoms with van der Waals surface area (Å²) in [6.07, 6.45) is 8.08. The third kappa shape index (κ3) is 3.88. The maximum Gasteiger partial charge on any atom is 0.251 e. The van der Waals surface area contributed by atoms with Crippen LogP contribution in [0.3, 0.4) is 0 Å². The van der Waals surface area contributed by atoms with Crippen molar-refractivity contribution in [3.63, 3.8) is 0 Å². The third-order valence-corrected chi connectivity index (χ3v) is 5.14. The van der Waals surface area contributed by atoms with Gasteiger partial charge in [0.2, 0.25) is 0 Å². The molecule has 2 aromatic heterocycles. The molecule has 1 N–H and O–H groups in total. The van der Waals surface area contributed by atoms with Gasteiger partial charge in [0.05, 0.1) is 12.2 Å². The van der Waals surface area contributed by atoms with Crippen LogP contribution in [0.5, 0.6) is 0 Å². The fourth-order valence-corrected chi connectivity index (χ4v) is 3.79. The molecule has 2 heterocycles. The first-order valence-electron chi connectivity index (χ1n) is 9.25. The monoisotopic (exact) mass is 380 g/mol. The van der Waals surface area contributed by atoms with Gasteiger partial charge >= 0.3 is 0 Å². The largest absolute Gasteiger partial charge is 0.350 e. The highest BCUT2D eigenvalue weighted by atomic mass is 35.5. The number of benzene rings is 1. The molecule has 4 rings (SSSR count). The molecule has 0 saturated carbocycles. The van der Waals surface area contributed by atoms with E-state index in [4.69, 9.17) is 16.7 Å². The molecule has 6 heteroatoms. The molecule has 27 heavy (non-hydrogen) atoms. The number of rotatable bonds is 5. The minimum atomic E-state index is -0.118. The van der Waals surface area contributed by atoms with Crippen LogP contribution in [-0.2, 0) is 19.4 Å². The van der Waals surface area contributed by atoms with Crippen molar-refractivity contribution in [2.45, 2.75) is 32.2 Å². The molecule has 0 aliphatic heterocycles. The van der Waals surface area contributed by atoms with E-state index >= 15 is 0 Å². The van der Waals surface area contributed by atoms with Crippen LogP contribution in [0.15, 0.2) is 48.8 Å². The van der Waals surface area contributed by atoms with Gasteiger partial charge in [-0.05, 0) is 56.0 Å². The van der Waals surface area contributed by atoms with Crippen molar-refractivity contribution >= 4 is 17.5 Å². The standard InChI is InChI=1S/C21H21ClN4O/c22-17-5-3-4-16(14-17)21(27)24-12-13-26-19-7-2-1-6-18(19)20(25-26)15-8-10-23-11-9-15/h3-5,8-11,14H,1-2,6-7,12-13H2,(H,24,27). The summed E-state index contributed by atoms with van der Waals surface area (Å²) in [5.74, 6) is -0.118. The summed E-state index contributed by atoms with van der Waals surface area (Å²) in [5, 5.41) is 8.39. The Balaban J connectivity index is 1.49. The van der Waals surface area contributed by atoms with Gasteiger partial charge in [-0.1, -0.05) is 17.7 Å². The van der Waals surface area contributed by atoms with Crippen molar-refractivity contribution in [2.75, 3.05) is 6.54 Å². The van der Waals surface area contributed by atoms with E-state index in [2.05, 4.69) is 15.0 Å². The second-order valence-electron chi connectivity index (χ2n) is 6.71. The molecular weight excluding hydrogens is 360 g/mol. The molecule has 0 fully saturated rings. The van der Waals surface area contributed by atoms with E-state index < -0.39 is 0 Å². The predicted octanol–water partition coefficient (Wildman–Crippen LogP) is 3.91. The average Bonchev–Trinajstić information content (AvgIpc) is 3.07. The van der Waals surface area contributed by atoms with Gasteiger partial charge in [0.15, 0.2) is 0 Å². The molecule has 0 radical (unpaired) electrons. The summed E-state index contributed by atoms with van der Waals surface area (Å²) in [6, 6.07) is 11.0. The Hall–Kier alpha value is -2.66. The van der Waals surface area contributed by atoms with Gasteiger partial charge in [0.25, 0.3) is 5.91 Å². The van der Waals surface area contributed by atoms with E-state index in [-0.39, 0.29) is 5.91 Å². The lowest BCUT2D eigenvalue weighted by Gasteiger charge is -2.14. The second-order valence-corrected chi connectivity index (χ2v) is 7.14. The maximum atomic E-state index is 12.3. The lowest BCUT2D eigenvalue weighted by molar-refractivity contribution is 0.0952. The van der Waals surface area contributed by atoms with Crippen molar-refractivity contribution in [1.82, 2.24) is 20.1 Å². The molecule has 138 valence electrons. The lowest BCUT2D eigenvalue weighted by Crippen LogP contribution is -2.28. The molecule has 1 aromatic carbocycles. The molecule has 1 aliphatic rings. The minimum Gasteiger partial charge on any atom is -0.350 e. The van der Waals surface area contributed by atoms with Gasteiger partial charge < -0.3 is 5.32 Å². The Morgan fingerprint density at radius 2 is 1.96 bits per heavy atom. The van der Waals surface area contributed by atoms with Crippen LogP contribution in [-0.4, -0.2) is 27.2 Å². The fourth-order valence-electron chi connectivity index (χ4n) is 3.60. The van der Waals surface area contributed by atoms with Gasteiger partial charge in [0, 0.05) is 46.3 Å². The highest BCUT2D eigenvalue weighted by molar-refractivity contribution is 6.30. The molecule has 0 saturated heterocycles. The molecule has 1 aliphatic carbocycles. The van der Waals surface area contributed by atoms with E-state index in [1.807, 2.05) is 12.1 Å². The molecule has 5 nitrogen and oxygen atoms in total. The van der Waals surface area contributed by atoms with Crippen LogP contribution in [0.25, 0.3) is 11.3 Å². The van der Waals surface area contributed by atoms with Crippen molar-refractivity contribution < 1.29 is 4.79 Å². The smallest absolute Gasteiger partial charge is 0.251 e. The summed E-state index contributed by atoms with van der Waals surface area (Å²) in [4.78, 5) is 16.4. The number of nitrogens with one attached hydrogen (secondary N) is 1. The highest BCUT2D eigenvalue weighted by Crippen LogP contribution is 2.30. The Bertz CT molecular complexity index is 952. The zero-order valence-corrected chi connectivity index (χ0v) is 15.7. The van der Waals surface area contributed by atoms with E-state index in [0.717, 1.165) is 24.1 Å². The normalized spacial score (nSPS) is 13.2. The van der Waals surface area contributed by atoms with Crippen LogP contribution >= 0.6 is 11.6 Å². The lowest BCUT2D eigenvalue weighted by atomic mass is 9.94. The molecule has 0 atom stereocenters. The Morgan fingerprint density at radius 3 is 2.78 bits per heavy atom. The van der Waals surface area contributed by atoms with Gasteiger partial charge in [-0.15, -0.1) is 0 Å². The second kappa shape index (κ2) is 7.92. The first-order chi connectivity index (χ1) is 13.2. The van der Waals surface area contributed by atoms with E-state index in [1.165, 1.54) is 24.1 Å². The molecular formula is C21H21ClN4O. The van der Waals surface area contributed by atoms with Crippen LogP contribution in [0.2, 0.25) is 5.02 Å². The van der Waals surface area contributed by atoms with Crippen molar-refractivity contribution in [3.05, 3.63) is 70.6 Å². The van der Waals surface area contributed by atoms with Gasteiger partial charge in [0.1, 0.15) is 0 Å². The SMILES string of the molecule is O=C(NCCn1nc(-c2ccncc2)c2c1CCCC2)c1cccc(Cl)c1.